The fraction of sp³-hybridized carbons (Fsp3) is 0.0625. The number of nitrogens with zero attached hydrogens (tertiary/aromatic N) is 2. The van der Waals surface area contributed by atoms with Crippen LogP contribution in [0.5, 0.6) is 0 Å². The van der Waals surface area contributed by atoms with Crippen LogP contribution in [0.3, 0.4) is 0 Å². The second-order valence-electron chi connectivity index (χ2n) is 4.33. The number of carboxylic acids is 1. The first kappa shape index (κ1) is 14.5. The molecule has 0 amide bonds. The molecule has 2 aromatic heterocycles. The van der Waals surface area contributed by atoms with Crippen molar-refractivity contribution in [2.75, 3.05) is 0 Å². The summed E-state index contributed by atoms with van der Waals surface area (Å²) in [7, 11) is 1.80. The summed E-state index contributed by atoms with van der Waals surface area (Å²) in [5, 5.41) is 8.61. The van der Waals surface area contributed by atoms with Crippen molar-refractivity contribution >= 4 is 23.9 Å². The van der Waals surface area contributed by atoms with Gasteiger partial charge in [0.2, 0.25) is 5.78 Å². The van der Waals surface area contributed by atoms with Gasteiger partial charge in [-0.25, -0.2) is 4.79 Å². The maximum absolute atomic E-state index is 11.9. The lowest BCUT2D eigenvalue weighted by atomic mass is 10.2. The number of ketones is 1. The summed E-state index contributed by atoms with van der Waals surface area (Å²) in [6.45, 7) is 0. The highest BCUT2D eigenvalue weighted by Crippen LogP contribution is 2.11. The Morgan fingerprint density at radius 1 is 1.10 bits per heavy atom. The van der Waals surface area contributed by atoms with Crippen LogP contribution >= 0.6 is 0 Å². The minimum absolute atomic E-state index is 0.181. The molecule has 0 saturated heterocycles. The Balaban J connectivity index is 2.15. The van der Waals surface area contributed by atoms with Gasteiger partial charge >= 0.3 is 5.97 Å². The fourth-order valence-corrected chi connectivity index (χ4v) is 1.79. The summed E-state index contributed by atoms with van der Waals surface area (Å²) in [5.41, 5.74) is 1.92. The summed E-state index contributed by atoms with van der Waals surface area (Å²) in [6.07, 6.45) is 7.26. The van der Waals surface area contributed by atoms with E-state index >= 15 is 0 Å². The normalized spacial score (nSPS) is 11.3. The van der Waals surface area contributed by atoms with E-state index in [9.17, 15) is 9.59 Å². The molecule has 0 spiro atoms. The third-order valence-corrected chi connectivity index (χ3v) is 2.92. The van der Waals surface area contributed by atoms with Crippen molar-refractivity contribution in [1.29, 1.82) is 0 Å². The Bertz CT molecular complexity index is 712. The maximum atomic E-state index is 11.9. The van der Waals surface area contributed by atoms with E-state index < -0.39 is 5.97 Å². The van der Waals surface area contributed by atoms with Gasteiger partial charge in [-0.1, -0.05) is 6.07 Å². The van der Waals surface area contributed by atoms with Crippen LogP contribution in [0, 0.1) is 0 Å². The van der Waals surface area contributed by atoms with Gasteiger partial charge in [0.15, 0.2) is 0 Å². The Morgan fingerprint density at radius 2 is 1.76 bits per heavy atom. The van der Waals surface area contributed by atoms with Gasteiger partial charge in [-0.05, 0) is 42.5 Å². The van der Waals surface area contributed by atoms with Gasteiger partial charge in [0, 0.05) is 30.7 Å². The molecule has 5 nitrogen and oxygen atoms in total. The molecule has 0 aliphatic carbocycles. The third kappa shape index (κ3) is 3.76. The first-order valence-corrected chi connectivity index (χ1v) is 6.28. The quantitative estimate of drug-likeness (QED) is 0.675. The lowest BCUT2D eigenvalue weighted by Crippen LogP contribution is -1.98. The van der Waals surface area contributed by atoms with Crippen LogP contribution in [0.15, 0.2) is 48.7 Å². The van der Waals surface area contributed by atoms with Crippen LogP contribution in [0.25, 0.3) is 12.2 Å². The predicted molar refractivity (Wildman–Crippen MR) is 79.7 cm³/mol. The molecule has 0 aliphatic rings. The highest BCUT2D eigenvalue weighted by atomic mass is 16.4. The predicted octanol–water partition coefficient (Wildman–Crippen LogP) is 2.41. The van der Waals surface area contributed by atoms with E-state index in [2.05, 4.69) is 4.98 Å². The molecule has 21 heavy (non-hydrogen) atoms. The number of hydrogen-bond donors (Lipinski definition) is 1. The van der Waals surface area contributed by atoms with Crippen molar-refractivity contribution in [2.45, 2.75) is 0 Å². The van der Waals surface area contributed by atoms with Crippen LogP contribution in [-0.2, 0) is 11.8 Å². The number of carboxylic acid groups (broad SMARTS) is 1. The van der Waals surface area contributed by atoms with Crippen molar-refractivity contribution in [3.63, 3.8) is 0 Å². The smallest absolute Gasteiger partial charge is 0.328 e. The second-order valence-corrected chi connectivity index (χ2v) is 4.33. The van der Waals surface area contributed by atoms with Crippen molar-refractivity contribution in [1.82, 2.24) is 9.55 Å². The van der Waals surface area contributed by atoms with Gasteiger partial charge in [0.25, 0.3) is 0 Å². The monoisotopic (exact) mass is 282 g/mol. The van der Waals surface area contributed by atoms with E-state index in [1.807, 2.05) is 6.07 Å². The van der Waals surface area contributed by atoms with Crippen LogP contribution < -0.4 is 0 Å². The van der Waals surface area contributed by atoms with Crippen molar-refractivity contribution in [2.24, 2.45) is 7.05 Å². The summed E-state index contributed by atoms with van der Waals surface area (Å²) >= 11 is 0. The topological polar surface area (TPSA) is 72.2 Å². The summed E-state index contributed by atoms with van der Waals surface area (Å²) in [6, 6.07) is 8.75. The Morgan fingerprint density at radius 3 is 2.33 bits per heavy atom. The summed E-state index contributed by atoms with van der Waals surface area (Å²) < 4.78 is 1.79. The molecule has 0 unspecified atom stereocenters. The van der Waals surface area contributed by atoms with E-state index in [0.717, 1.165) is 17.5 Å². The molecular formula is C16H14N2O3. The molecule has 1 N–H and O–H groups in total. The maximum Gasteiger partial charge on any atom is 0.328 e. The van der Waals surface area contributed by atoms with Crippen molar-refractivity contribution < 1.29 is 14.7 Å². The highest BCUT2D eigenvalue weighted by molar-refractivity contribution is 6.05. The number of aliphatic carboxylic acids is 1. The largest absolute Gasteiger partial charge is 0.478 e. The van der Waals surface area contributed by atoms with Crippen LogP contribution in [0.1, 0.15) is 21.9 Å². The molecule has 2 rings (SSSR count). The Hall–Kier alpha value is -2.95. The van der Waals surface area contributed by atoms with Gasteiger partial charge in [-0.15, -0.1) is 0 Å². The average Bonchev–Trinajstić information content (AvgIpc) is 2.84. The molecule has 106 valence electrons. The van der Waals surface area contributed by atoms with Crippen molar-refractivity contribution in [3.8, 4) is 0 Å². The lowest BCUT2D eigenvalue weighted by Gasteiger charge is -2.00. The van der Waals surface area contributed by atoms with E-state index in [1.165, 1.54) is 12.2 Å². The van der Waals surface area contributed by atoms with Gasteiger partial charge in [0.1, 0.15) is 5.69 Å². The minimum atomic E-state index is -1.00. The number of carbonyl (C=O) groups excluding carboxylic acids is 1. The first-order chi connectivity index (χ1) is 10.1. The van der Waals surface area contributed by atoms with E-state index in [0.29, 0.717) is 5.69 Å². The average molecular weight is 282 g/mol. The van der Waals surface area contributed by atoms with Gasteiger partial charge < -0.3 is 9.67 Å². The third-order valence-electron chi connectivity index (χ3n) is 2.92. The molecule has 0 aliphatic heterocycles. The summed E-state index contributed by atoms with van der Waals surface area (Å²) in [5.74, 6) is -1.18. The molecule has 0 fully saturated rings. The number of allylic oxidation sites excluding steroid dienone is 1. The second kappa shape index (κ2) is 6.47. The lowest BCUT2D eigenvalue weighted by molar-refractivity contribution is -0.131. The summed E-state index contributed by atoms with van der Waals surface area (Å²) in [4.78, 5) is 26.4. The van der Waals surface area contributed by atoms with Crippen LogP contribution in [0.2, 0.25) is 0 Å². The zero-order chi connectivity index (χ0) is 15.2. The molecule has 0 saturated carbocycles. The molecule has 0 aromatic carbocycles. The van der Waals surface area contributed by atoms with E-state index in [4.69, 9.17) is 5.11 Å². The standard InChI is InChI=1S/C16H14N2O3/c1-18-12(5-6-13(18)8-10-16(20)21)7-9-15(19)14-4-2-3-11-17-14/h2-11H,1H3,(H,20,21)/b9-7+,10-8+. The molecule has 5 heteroatoms. The molecule has 2 aromatic rings. The zero-order valence-corrected chi connectivity index (χ0v) is 11.4. The number of aromatic nitrogens is 2. The number of hydrogen-bond acceptors (Lipinski definition) is 3. The molecular weight excluding hydrogens is 268 g/mol. The van der Waals surface area contributed by atoms with Gasteiger partial charge in [-0.3, -0.25) is 9.78 Å². The minimum Gasteiger partial charge on any atom is -0.478 e. The van der Waals surface area contributed by atoms with Crippen LogP contribution in [-0.4, -0.2) is 26.4 Å². The highest BCUT2D eigenvalue weighted by Gasteiger charge is 2.03. The zero-order valence-electron chi connectivity index (χ0n) is 11.4. The van der Waals surface area contributed by atoms with Gasteiger partial charge in [-0.2, -0.15) is 0 Å². The molecule has 0 atom stereocenters. The molecule has 2 heterocycles. The molecule has 0 bridgehead atoms. The molecule has 0 radical (unpaired) electrons. The Labute approximate surface area is 121 Å². The number of pyridine rings is 1. The number of carbonyl (C=O) groups is 2. The number of rotatable bonds is 5. The van der Waals surface area contributed by atoms with Crippen LogP contribution in [0.4, 0.5) is 0 Å². The van der Waals surface area contributed by atoms with E-state index in [-0.39, 0.29) is 5.78 Å². The first-order valence-electron chi connectivity index (χ1n) is 6.28. The van der Waals surface area contributed by atoms with E-state index in [1.54, 1.807) is 48.2 Å². The van der Waals surface area contributed by atoms with Gasteiger partial charge in [0.05, 0.1) is 0 Å². The Kier molecular flexibility index (Phi) is 4.46. The SMILES string of the molecule is Cn1c(/C=C/C(=O)O)ccc1/C=C/C(=O)c1ccccn1. The van der Waals surface area contributed by atoms with Crippen molar-refractivity contribution in [3.05, 3.63) is 65.8 Å². The fourth-order valence-electron chi connectivity index (χ4n) is 1.79.